The number of sulfonamides is 1. The van der Waals surface area contributed by atoms with Crippen molar-refractivity contribution < 1.29 is 18.0 Å². The topological polar surface area (TPSA) is 86.8 Å². The molecule has 4 aromatic rings. The fourth-order valence-corrected chi connectivity index (χ4v) is 6.91. The molecular weight excluding hydrogens is 697 g/mol. The molecule has 4 rings (SSSR count). The summed E-state index contributed by atoms with van der Waals surface area (Å²) in [6.45, 7) is 3.32. The van der Waals surface area contributed by atoms with E-state index in [1.165, 1.54) is 35.2 Å². The van der Waals surface area contributed by atoms with Crippen molar-refractivity contribution in [2.45, 2.75) is 50.2 Å². The number of halogens is 3. The van der Waals surface area contributed by atoms with Crippen molar-refractivity contribution in [1.82, 2.24) is 10.2 Å². The Balaban J connectivity index is 1.82. The zero-order chi connectivity index (χ0) is 32.6. The van der Waals surface area contributed by atoms with Gasteiger partial charge in [-0.1, -0.05) is 107 Å². The van der Waals surface area contributed by atoms with Gasteiger partial charge in [0.05, 0.1) is 10.6 Å². The number of benzene rings is 4. The first-order valence-electron chi connectivity index (χ1n) is 14.4. The molecule has 2 amide bonds. The molecule has 4 aromatic carbocycles. The van der Waals surface area contributed by atoms with Gasteiger partial charge in [0.15, 0.2) is 0 Å². The van der Waals surface area contributed by atoms with Crippen molar-refractivity contribution in [3.63, 3.8) is 0 Å². The lowest BCUT2D eigenvalue weighted by molar-refractivity contribution is -0.140. The highest BCUT2D eigenvalue weighted by atomic mass is 79.9. The number of carbonyl (C=O) groups excluding carboxylic acids is 2. The van der Waals surface area contributed by atoms with Gasteiger partial charge in [0.2, 0.25) is 11.8 Å². The molecule has 0 fully saturated rings. The number of amides is 2. The lowest BCUT2D eigenvalue weighted by atomic mass is 10.0. The number of nitrogens with zero attached hydrogens (tertiary/aromatic N) is 2. The van der Waals surface area contributed by atoms with E-state index in [-0.39, 0.29) is 45.5 Å². The second-order valence-corrected chi connectivity index (χ2v) is 14.3. The lowest BCUT2D eigenvalue weighted by Gasteiger charge is -2.34. The minimum atomic E-state index is -4.26. The quantitative estimate of drug-likeness (QED) is 0.154. The highest BCUT2D eigenvalue weighted by Crippen LogP contribution is 2.30. The Labute approximate surface area is 283 Å². The third-order valence-corrected chi connectivity index (χ3v) is 10.0. The van der Waals surface area contributed by atoms with Gasteiger partial charge in [0.1, 0.15) is 12.6 Å². The number of hydrogen-bond acceptors (Lipinski definition) is 4. The normalized spacial score (nSPS) is 12.6. The summed E-state index contributed by atoms with van der Waals surface area (Å²) in [5, 5.41) is 3.45. The van der Waals surface area contributed by atoms with Crippen molar-refractivity contribution in [2.24, 2.45) is 0 Å². The van der Waals surface area contributed by atoms with Crippen LogP contribution in [0.1, 0.15) is 31.4 Å². The van der Waals surface area contributed by atoms with Gasteiger partial charge in [-0.2, -0.15) is 0 Å². The van der Waals surface area contributed by atoms with Crippen molar-refractivity contribution in [2.75, 3.05) is 10.8 Å². The molecule has 2 unspecified atom stereocenters. The first kappa shape index (κ1) is 34.5. The zero-order valence-electron chi connectivity index (χ0n) is 24.9. The van der Waals surface area contributed by atoms with Crippen molar-refractivity contribution in [3.8, 4) is 0 Å². The third kappa shape index (κ3) is 9.33. The second kappa shape index (κ2) is 15.8. The van der Waals surface area contributed by atoms with E-state index >= 15 is 0 Å². The van der Waals surface area contributed by atoms with E-state index in [2.05, 4.69) is 21.2 Å². The predicted octanol–water partition coefficient (Wildman–Crippen LogP) is 7.51. The van der Waals surface area contributed by atoms with Crippen LogP contribution in [-0.2, 0) is 32.6 Å². The largest absolute Gasteiger partial charge is 0.352 e. The molecule has 0 saturated carbocycles. The van der Waals surface area contributed by atoms with Gasteiger partial charge < -0.3 is 10.2 Å². The fraction of sp³-hybridized carbons (Fsp3) is 0.235. The molecule has 7 nitrogen and oxygen atoms in total. The minimum absolute atomic E-state index is 0.0105. The van der Waals surface area contributed by atoms with Crippen LogP contribution in [0.15, 0.2) is 112 Å². The van der Waals surface area contributed by atoms with Crippen molar-refractivity contribution in [1.29, 1.82) is 0 Å². The molecule has 0 aliphatic heterocycles. The van der Waals surface area contributed by atoms with Gasteiger partial charge >= 0.3 is 0 Å². The summed E-state index contributed by atoms with van der Waals surface area (Å²) < 4.78 is 30.0. The van der Waals surface area contributed by atoms with E-state index in [0.29, 0.717) is 6.42 Å². The van der Waals surface area contributed by atoms with Gasteiger partial charge in [-0.05, 0) is 66.9 Å². The van der Waals surface area contributed by atoms with Crippen LogP contribution in [0.3, 0.4) is 0 Å². The molecule has 1 N–H and O–H groups in total. The maximum absolute atomic E-state index is 14.5. The molecule has 0 heterocycles. The first-order valence-corrected chi connectivity index (χ1v) is 17.4. The second-order valence-electron chi connectivity index (χ2n) is 10.6. The Hall–Kier alpha value is -3.37. The van der Waals surface area contributed by atoms with Crippen LogP contribution in [0.2, 0.25) is 10.0 Å². The van der Waals surface area contributed by atoms with Crippen LogP contribution in [0.4, 0.5) is 5.69 Å². The summed E-state index contributed by atoms with van der Waals surface area (Å²) in [6.07, 6.45) is 0.920. The van der Waals surface area contributed by atoms with Crippen molar-refractivity contribution >= 4 is 66.7 Å². The Kier molecular flexibility index (Phi) is 12.1. The molecule has 0 spiro atoms. The molecule has 0 bridgehead atoms. The van der Waals surface area contributed by atoms with E-state index < -0.39 is 28.5 Å². The highest BCUT2D eigenvalue weighted by molar-refractivity contribution is 9.10. The van der Waals surface area contributed by atoms with Gasteiger partial charge in [-0.25, -0.2) is 8.42 Å². The van der Waals surface area contributed by atoms with Gasteiger partial charge in [-0.3, -0.25) is 13.9 Å². The lowest BCUT2D eigenvalue weighted by Crippen LogP contribution is -2.54. The van der Waals surface area contributed by atoms with E-state index in [1.54, 1.807) is 18.2 Å². The van der Waals surface area contributed by atoms with Crippen LogP contribution in [0, 0.1) is 0 Å². The van der Waals surface area contributed by atoms with Crippen LogP contribution >= 0.6 is 39.1 Å². The summed E-state index contributed by atoms with van der Waals surface area (Å²) in [6, 6.07) is 27.9. The molecule has 0 aromatic heterocycles. The summed E-state index contributed by atoms with van der Waals surface area (Å²) in [4.78, 5) is 29.8. The number of anilines is 1. The third-order valence-electron chi connectivity index (χ3n) is 7.28. The zero-order valence-corrected chi connectivity index (χ0v) is 28.8. The molecule has 11 heteroatoms. The summed E-state index contributed by atoms with van der Waals surface area (Å²) in [7, 11) is -4.26. The number of hydrogen-bond donors (Lipinski definition) is 1. The Morgan fingerprint density at radius 3 is 2.00 bits per heavy atom. The Bertz CT molecular complexity index is 1690. The minimum Gasteiger partial charge on any atom is -0.352 e. The summed E-state index contributed by atoms with van der Waals surface area (Å²) >= 11 is 16.0. The molecule has 0 radical (unpaired) electrons. The fourth-order valence-electron chi connectivity index (χ4n) is 4.71. The monoisotopic (exact) mass is 729 g/mol. The van der Waals surface area contributed by atoms with Gasteiger partial charge in [0.25, 0.3) is 10.0 Å². The highest BCUT2D eigenvalue weighted by Gasteiger charge is 2.35. The average molecular weight is 732 g/mol. The summed E-state index contributed by atoms with van der Waals surface area (Å²) in [5.74, 6) is -0.907. The first-order chi connectivity index (χ1) is 21.5. The van der Waals surface area contributed by atoms with Crippen LogP contribution in [-0.4, -0.2) is 43.8 Å². The average Bonchev–Trinajstić information content (AvgIpc) is 3.02. The van der Waals surface area contributed by atoms with E-state index in [4.69, 9.17) is 23.2 Å². The van der Waals surface area contributed by atoms with Crippen LogP contribution in [0.25, 0.3) is 0 Å². The predicted molar refractivity (Wildman–Crippen MR) is 184 cm³/mol. The van der Waals surface area contributed by atoms with Gasteiger partial charge in [-0.15, -0.1) is 0 Å². The summed E-state index contributed by atoms with van der Waals surface area (Å²) in [5.41, 5.74) is 1.74. The molecule has 236 valence electrons. The Morgan fingerprint density at radius 2 is 1.42 bits per heavy atom. The van der Waals surface area contributed by atoms with Crippen LogP contribution in [0.5, 0.6) is 0 Å². The molecule has 0 saturated heterocycles. The molecule has 45 heavy (non-hydrogen) atoms. The maximum atomic E-state index is 14.5. The standard InChI is InChI=1S/C34H34BrCl2N3O4S/c1-3-24(2)38-34(42)32(18-25-10-6-4-7-11-25)39(22-26-14-16-27(35)17-15-26)33(41)23-40(30-20-28(36)19-29(37)21-30)45(43,44)31-12-8-5-9-13-31/h4-17,19-21,24,32H,3,18,22-23H2,1-2H3,(H,38,42). The Morgan fingerprint density at radius 1 is 0.844 bits per heavy atom. The van der Waals surface area contributed by atoms with E-state index in [1.807, 2.05) is 68.4 Å². The van der Waals surface area contributed by atoms with E-state index in [0.717, 1.165) is 19.9 Å². The smallest absolute Gasteiger partial charge is 0.264 e. The number of rotatable bonds is 13. The van der Waals surface area contributed by atoms with Crippen molar-refractivity contribution in [3.05, 3.63) is 129 Å². The molecule has 2 atom stereocenters. The molecule has 0 aliphatic carbocycles. The van der Waals surface area contributed by atoms with Crippen LogP contribution < -0.4 is 9.62 Å². The number of nitrogens with one attached hydrogen (secondary N) is 1. The molecular formula is C34H34BrCl2N3O4S. The van der Waals surface area contributed by atoms with Gasteiger partial charge in [0, 0.05) is 33.5 Å². The molecule has 0 aliphatic rings. The SMILES string of the molecule is CCC(C)NC(=O)C(Cc1ccccc1)N(Cc1ccc(Br)cc1)C(=O)CN(c1cc(Cl)cc(Cl)c1)S(=O)(=O)c1ccccc1. The number of carbonyl (C=O) groups is 2. The van der Waals surface area contributed by atoms with E-state index in [9.17, 15) is 18.0 Å². The maximum Gasteiger partial charge on any atom is 0.264 e.